The van der Waals surface area contributed by atoms with E-state index in [1.807, 2.05) is 0 Å². The maximum absolute atomic E-state index is 14.1. The van der Waals surface area contributed by atoms with E-state index in [1.165, 1.54) is 84.9 Å². The molecule has 16 heteroatoms. The molecule has 0 saturated heterocycles. The highest BCUT2D eigenvalue weighted by Crippen LogP contribution is 2.39. The van der Waals surface area contributed by atoms with Crippen molar-refractivity contribution < 1.29 is 46.2 Å². The summed E-state index contributed by atoms with van der Waals surface area (Å²) in [5.41, 5.74) is 6.21. The van der Waals surface area contributed by atoms with E-state index in [0.29, 0.717) is 8.61 Å². The number of hydrogen-bond acceptors (Lipinski definition) is 9. The van der Waals surface area contributed by atoms with Crippen molar-refractivity contribution in [2.45, 2.75) is 9.79 Å². The summed E-state index contributed by atoms with van der Waals surface area (Å²) >= 11 is 0. The molecule has 2 amide bonds. The van der Waals surface area contributed by atoms with Crippen molar-refractivity contribution in [2.75, 3.05) is 32.3 Å². The monoisotopic (exact) mass is 714 g/mol. The molecule has 0 bridgehead atoms. The minimum Gasteiger partial charge on any atom is -0.480 e. The molecule has 5 aromatic rings. The summed E-state index contributed by atoms with van der Waals surface area (Å²) in [7, 11) is -9.16. The summed E-state index contributed by atoms with van der Waals surface area (Å²) in [6.45, 7) is -2.04. The van der Waals surface area contributed by atoms with Crippen molar-refractivity contribution in [3.8, 4) is 0 Å². The van der Waals surface area contributed by atoms with E-state index < -0.39 is 56.9 Å². The molecule has 6 rings (SSSR count). The predicted octanol–water partition coefficient (Wildman–Crippen LogP) is 3.78. The summed E-state index contributed by atoms with van der Waals surface area (Å²) < 4.78 is 57.0. The average molecular weight is 715 g/mol. The van der Waals surface area contributed by atoms with Gasteiger partial charge >= 0.3 is 11.9 Å². The maximum Gasteiger partial charge on any atom is 0.324 e. The van der Waals surface area contributed by atoms with Gasteiger partial charge in [0.2, 0.25) is 0 Å². The number of amides is 2. The van der Waals surface area contributed by atoms with Crippen LogP contribution in [0.5, 0.6) is 0 Å². The zero-order valence-electron chi connectivity index (χ0n) is 25.7. The van der Waals surface area contributed by atoms with E-state index in [2.05, 4.69) is 0 Å². The molecular weight excluding hydrogens is 689 g/mol. The van der Waals surface area contributed by atoms with E-state index in [0.717, 1.165) is 17.0 Å². The first kappa shape index (κ1) is 33.6. The Hall–Kier alpha value is -6.26. The molecule has 0 saturated carbocycles. The number of carboxylic acid groups (broad SMARTS) is 2. The zero-order chi connectivity index (χ0) is 36.0. The summed E-state index contributed by atoms with van der Waals surface area (Å²) in [6.07, 6.45) is 0. The number of nitrogens with two attached hydrogens (primary N) is 1. The third kappa shape index (κ3) is 5.86. The second kappa shape index (κ2) is 12.6. The standard InChI is InChI=1S/C34H26N4O10S2/c35-21-9-13-23(14-10-21)49(45,46)36(19-31(39)40)29-17-18-30(26-6-2-1-5-25(26)29)37(20-32(41)42)50(47,48)24-15-11-22(12-16-24)38-33(43)27-7-3-4-8-28(27)34(38)44/h1-18H,19-20,35H2,(H,39,40)(H,41,42). The van der Waals surface area contributed by atoms with Gasteiger partial charge in [-0.3, -0.25) is 27.8 Å². The van der Waals surface area contributed by atoms with Crippen molar-refractivity contribution in [1.82, 2.24) is 0 Å². The topological polar surface area (TPSA) is 213 Å². The molecule has 1 aliphatic heterocycles. The number of imide groups is 1. The minimum atomic E-state index is -4.66. The lowest BCUT2D eigenvalue weighted by atomic mass is 10.1. The third-order valence-corrected chi connectivity index (χ3v) is 11.5. The number of aliphatic carboxylic acids is 2. The van der Waals surface area contributed by atoms with Crippen LogP contribution in [0.2, 0.25) is 0 Å². The number of nitrogens with zero attached hydrogens (tertiary/aromatic N) is 3. The lowest BCUT2D eigenvalue weighted by Gasteiger charge is -2.28. The van der Waals surface area contributed by atoms with Gasteiger partial charge in [-0.05, 0) is 72.8 Å². The largest absolute Gasteiger partial charge is 0.480 e. The highest BCUT2D eigenvalue weighted by molar-refractivity contribution is 7.93. The van der Waals surface area contributed by atoms with Gasteiger partial charge in [-0.15, -0.1) is 0 Å². The van der Waals surface area contributed by atoms with Gasteiger partial charge in [0, 0.05) is 16.5 Å². The van der Waals surface area contributed by atoms with Gasteiger partial charge in [0.1, 0.15) is 13.1 Å². The van der Waals surface area contributed by atoms with Crippen molar-refractivity contribution >= 4 is 77.3 Å². The van der Waals surface area contributed by atoms with E-state index >= 15 is 0 Å². The average Bonchev–Trinajstić information content (AvgIpc) is 3.35. The smallest absolute Gasteiger partial charge is 0.324 e. The lowest BCUT2D eigenvalue weighted by molar-refractivity contribution is -0.136. The first-order valence-electron chi connectivity index (χ1n) is 14.7. The number of nitrogen functional groups attached to an aromatic ring is 1. The first-order valence-corrected chi connectivity index (χ1v) is 17.5. The molecule has 50 heavy (non-hydrogen) atoms. The van der Waals surface area contributed by atoms with Crippen molar-refractivity contribution in [3.63, 3.8) is 0 Å². The minimum absolute atomic E-state index is 0.0931. The van der Waals surface area contributed by atoms with E-state index in [4.69, 9.17) is 5.73 Å². The van der Waals surface area contributed by atoms with Crippen molar-refractivity contribution in [1.29, 1.82) is 0 Å². The number of carbonyl (C=O) groups is 4. The maximum atomic E-state index is 14.1. The molecule has 14 nitrogen and oxygen atoms in total. The van der Waals surface area contributed by atoms with Crippen LogP contribution in [0, 0.1) is 0 Å². The zero-order valence-corrected chi connectivity index (χ0v) is 27.3. The van der Waals surface area contributed by atoms with Gasteiger partial charge in [0.15, 0.2) is 0 Å². The van der Waals surface area contributed by atoms with Gasteiger partial charge in [-0.25, -0.2) is 21.7 Å². The van der Waals surface area contributed by atoms with Crippen LogP contribution < -0.4 is 19.2 Å². The van der Waals surface area contributed by atoms with Crippen LogP contribution in [0.1, 0.15) is 20.7 Å². The quantitative estimate of drug-likeness (QED) is 0.132. The SMILES string of the molecule is Nc1ccc(S(=O)(=O)N(CC(=O)O)c2ccc(N(CC(=O)O)S(=O)(=O)c3ccc(N4C(=O)c5ccccc5C4=O)cc3)c3ccccc23)cc1. The van der Waals surface area contributed by atoms with Gasteiger partial charge in [0.25, 0.3) is 31.9 Å². The van der Waals surface area contributed by atoms with Crippen molar-refractivity contribution in [3.05, 3.63) is 120 Å². The third-order valence-electron chi connectivity index (χ3n) is 7.92. The van der Waals surface area contributed by atoms with Crippen LogP contribution in [0.3, 0.4) is 0 Å². The molecule has 4 N–H and O–H groups in total. The van der Waals surface area contributed by atoms with Gasteiger partial charge in [0.05, 0.1) is 38.0 Å². The molecule has 0 aliphatic carbocycles. The Balaban J connectivity index is 1.43. The first-order chi connectivity index (χ1) is 23.7. The van der Waals surface area contributed by atoms with Crippen LogP contribution in [0.4, 0.5) is 22.7 Å². The number of carbonyl (C=O) groups excluding carboxylic acids is 2. The summed E-state index contributed by atoms with van der Waals surface area (Å²) in [4.78, 5) is 50.2. The normalized spacial score (nSPS) is 12.9. The molecule has 0 spiro atoms. The Morgan fingerprint density at radius 2 is 0.960 bits per heavy atom. The number of hydrogen-bond donors (Lipinski definition) is 3. The highest BCUT2D eigenvalue weighted by atomic mass is 32.2. The summed E-state index contributed by atoms with van der Waals surface area (Å²) in [5.74, 6) is -4.16. The number of rotatable bonds is 11. The molecule has 0 fully saturated rings. The lowest BCUT2D eigenvalue weighted by Crippen LogP contribution is -2.37. The van der Waals surface area contributed by atoms with Crippen LogP contribution in [-0.2, 0) is 29.6 Å². The second-order valence-corrected chi connectivity index (χ2v) is 14.7. The van der Waals surface area contributed by atoms with Crippen molar-refractivity contribution in [2.24, 2.45) is 0 Å². The Labute approximate surface area is 285 Å². The van der Waals surface area contributed by atoms with Crippen LogP contribution in [-0.4, -0.2) is 63.9 Å². The molecule has 1 heterocycles. The molecule has 0 aromatic heterocycles. The molecule has 254 valence electrons. The van der Waals surface area contributed by atoms with Gasteiger partial charge < -0.3 is 15.9 Å². The van der Waals surface area contributed by atoms with Gasteiger partial charge in [-0.2, -0.15) is 0 Å². The molecule has 1 aliphatic rings. The molecule has 5 aromatic carbocycles. The number of benzene rings is 5. The van der Waals surface area contributed by atoms with E-state index in [9.17, 15) is 46.2 Å². The fourth-order valence-electron chi connectivity index (χ4n) is 5.63. The molecule has 0 atom stereocenters. The van der Waals surface area contributed by atoms with E-state index in [-0.39, 0.29) is 54.4 Å². The van der Waals surface area contributed by atoms with Gasteiger partial charge in [-0.1, -0.05) is 36.4 Å². The number of carboxylic acids is 2. The van der Waals surface area contributed by atoms with Crippen LogP contribution in [0.15, 0.2) is 119 Å². The predicted molar refractivity (Wildman–Crippen MR) is 183 cm³/mol. The summed E-state index contributed by atoms with van der Waals surface area (Å²) in [5, 5.41) is 19.7. The number of sulfonamides is 2. The molecule has 0 unspecified atom stereocenters. The Kier molecular flexibility index (Phi) is 8.51. The van der Waals surface area contributed by atoms with Crippen LogP contribution in [0.25, 0.3) is 10.8 Å². The Morgan fingerprint density at radius 1 is 0.580 bits per heavy atom. The Bertz CT molecular complexity index is 2400. The van der Waals surface area contributed by atoms with Crippen LogP contribution >= 0.6 is 0 Å². The fraction of sp³-hybridized carbons (Fsp3) is 0.0588. The highest BCUT2D eigenvalue weighted by Gasteiger charge is 2.37. The molecule has 0 radical (unpaired) electrons. The Morgan fingerprint density at radius 3 is 1.36 bits per heavy atom. The summed E-state index contributed by atoms with van der Waals surface area (Å²) in [6, 6.07) is 24.4. The second-order valence-electron chi connectivity index (χ2n) is 11.0. The van der Waals surface area contributed by atoms with E-state index in [1.54, 1.807) is 12.1 Å². The number of fused-ring (bicyclic) bond motifs is 2. The number of anilines is 4. The molecular formula is C34H26N4O10S2. The fourth-order valence-corrected chi connectivity index (χ4v) is 8.50.